The van der Waals surface area contributed by atoms with Crippen LogP contribution in [-0.4, -0.2) is 34.0 Å². The van der Waals surface area contributed by atoms with Gasteiger partial charge in [-0.2, -0.15) is 0 Å². The molecule has 0 atom stereocenters. The van der Waals surface area contributed by atoms with Gasteiger partial charge in [-0.25, -0.2) is 4.79 Å². The lowest BCUT2D eigenvalue weighted by Gasteiger charge is -2.17. The van der Waals surface area contributed by atoms with Crippen molar-refractivity contribution in [3.05, 3.63) is 30.5 Å². The van der Waals surface area contributed by atoms with Crippen LogP contribution in [0, 0.1) is 0 Å². The van der Waals surface area contributed by atoms with Crippen molar-refractivity contribution in [2.45, 2.75) is 13.8 Å². The Morgan fingerprint density at radius 3 is 2.76 bits per heavy atom. The van der Waals surface area contributed by atoms with Crippen molar-refractivity contribution in [3.8, 4) is 0 Å². The Morgan fingerprint density at radius 2 is 2.06 bits per heavy atom. The predicted octanol–water partition coefficient (Wildman–Crippen LogP) is 1.93. The van der Waals surface area contributed by atoms with Crippen molar-refractivity contribution in [1.29, 1.82) is 0 Å². The van der Waals surface area contributed by atoms with Crippen molar-refractivity contribution in [1.82, 2.24) is 14.8 Å². The monoisotopic (exact) mass is 233 g/mol. The van der Waals surface area contributed by atoms with E-state index in [4.69, 9.17) is 4.84 Å². The second kappa shape index (κ2) is 4.86. The average Bonchev–Trinajstić information content (AvgIpc) is 2.74. The fourth-order valence-corrected chi connectivity index (χ4v) is 1.63. The molecule has 5 heteroatoms. The smallest absolute Gasteiger partial charge is 0.307 e. The predicted molar refractivity (Wildman–Crippen MR) is 64.6 cm³/mol. The van der Waals surface area contributed by atoms with Crippen molar-refractivity contribution < 1.29 is 9.63 Å². The molecule has 0 N–H and O–H groups in total. The molecule has 0 bridgehead atoms. The molecule has 17 heavy (non-hydrogen) atoms. The Bertz CT molecular complexity index is 517. The van der Waals surface area contributed by atoms with E-state index in [1.165, 1.54) is 4.85 Å². The maximum Gasteiger partial charge on any atom is 0.435 e. The van der Waals surface area contributed by atoms with Crippen LogP contribution in [0.5, 0.6) is 0 Å². The van der Waals surface area contributed by atoms with Crippen LogP contribution in [0.3, 0.4) is 0 Å². The van der Waals surface area contributed by atoms with E-state index in [0.717, 1.165) is 10.9 Å². The summed E-state index contributed by atoms with van der Waals surface area (Å²) in [5.41, 5.74) is 0.785. The summed E-state index contributed by atoms with van der Waals surface area (Å²) in [5.74, 6) is 0. The van der Waals surface area contributed by atoms with E-state index < -0.39 is 0 Å². The molecular weight excluding hydrogens is 218 g/mol. The number of fused-ring (bicyclic) bond motifs is 1. The molecule has 1 aromatic heterocycles. The summed E-state index contributed by atoms with van der Waals surface area (Å²) in [6, 6.07) is 7.58. The van der Waals surface area contributed by atoms with Crippen LogP contribution in [-0.2, 0) is 0 Å². The minimum atomic E-state index is -0.385. The molecule has 2 aromatic rings. The van der Waals surface area contributed by atoms with E-state index in [1.807, 2.05) is 38.1 Å². The highest BCUT2D eigenvalue weighted by molar-refractivity contribution is 5.79. The first-order valence-electron chi connectivity index (χ1n) is 5.66. The second-order valence-electron chi connectivity index (χ2n) is 3.61. The molecule has 0 unspecified atom stereocenters. The first-order valence-corrected chi connectivity index (χ1v) is 5.66. The quantitative estimate of drug-likeness (QED) is 0.813. The molecule has 0 aliphatic rings. The fraction of sp³-hybridized carbons (Fsp3) is 0.333. The Hall–Kier alpha value is -2.04. The third-order valence-corrected chi connectivity index (χ3v) is 2.63. The van der Waals surface area contributed by atoms with E-state index in [2.05, 4.69) is 5.10 Å². The van der Waals surface area contributed by atoms with Crippen molar-refractivity contribution >= 4 is 17.0 Å². The first-order chi connectivity index (χ1) is 8.26. The second-order valence-corrected chi connectivity index (χ2v) is 3.61. The van der Waals surface area contributed by atoms with Crippen molar-refractivity contribution in [2.24, 2.45) is 0 Å². The zero-order valence-electron chi connectivity index (χ0n) is 9.96. The molecule has 0 aliphatic heterocycles. The molecule has 0 radical (unpaired) electrons. The van der Waals surface area contributed by atoms with Gasteiger partial charge in [0.25, 0.3) is 0 Å². The molecule has 0 saturated heterocycles. The molecule has 0 saturated carbocycles. The van der Waals surface area contributed by atoms with Gasteiger partial charge < -0.3 is 4.90 Å². The largest absolute Gasteiger partial charge is 0.435 e. The summed E-state index contributed by atoms with van der Waals surface area (Å²) in [7, 11) is 0. The Morgan fingerprint density at radius 1 is 1.35 bits per heavy atom. The number of amides is 1. The maximum absolute atomic E-state index is 11.8. The summed E-state index contributed by atoms with van der Waals surface area (Å²) in [5, 5.41) is 4.98. The summed E-state index contributed by atoms with van der Waals surface area (Å²) < 4.78 is 0. The number of carbonyl (C=O) groups is 1. The third kappa shape index (κ3) is 2.22. The Balaban J connectivity index is 2.21. The van der Waals surface area contributed by atoms with Gasteiger partial charge in [-0.05, 0) is 19.9 Å². The molecule has 90 valence electrons. The SMILES string of the molecule is CCN(CC)C(=O)On1ncc2ccccc21. The molecular formula is C12H15N3O2. The van der Waals surface area contributed by atoms with E-state index in [0.29, 0.717) is 13.1 Å². The normalized spacial score (nSPS) is 10.5. The molecule has 1 heterocycles. The molecule has 2 rings (SSSR count). The number of para-hydroxylation sites is 1. The van der Waals surface area contributed by atoms with E-state index in [1.54, 1.807) is 11.1 Å². The number of carbonyl (C=O) groups excluding carboxylic acids is 1. The number of benzene rings is 1. The van der Waals surface area contributed by atoms with E-state index >= 15 is 0 Å². The van der Waals surface area contributed by atoms with E-state index in [9.17, 15) is 4.79 Å². The van der Waals surface area contributed by atoms with Gasteiger partial charge in [0.05, 0.1) is 6.20 Å². The topological polar surface area (TPSA) is 47.4 Å². The van der Waals surface area contributed by atoms with Crippen molar-refractivity contribution in [2.75, 3.05) is 13.1 Å². The molecule has 0 aliphatic carbocycles. The molecule has 1 amide bonds. The number of hydrogen-bond acceptors (Lipinski definition) is 3. The van der Waals surface area contributed by atoms with Gasteiger partial charge in [0.2, 0.25) is 0 Å². The lowest BCUT2D eigenvalue weighted by atomic mass is 10.3. The van der Waals surface area contributed by atoms with Crippen LogP contribution in [0.1, 0.15) is 13.8 Å². The van der Waals surface area contributed by atoms with Gasteiger partial charge in [0.15, 0.2) is 0 Å². The van der Waals surface area contributed by atoms with Gasteiger partial charge in [0.1, 0.15) is 5.52 Å². The standard InChI is InChI=1S/C12H15N3O2/c1-3-14(4-2)12(16)17-15-11-8-6-5-7-10(11)9-13-15/h5-9H,3-4H2,1-2H3. The Labute approximate surface area is 99.5 Å². The van der Waals surface area contributed by atoms with Gasteiger partial charge in [0, 0.05) is 18.5 Å². The zero-order chi connectivity index (χ0) is 12.3. The summed E-state index contributed by atoms with van der Waals surface area (Å²) >= 11 is 0. The Kier molecular flexibility index (Phi) is 3.27. The number of aromatic nitrogens is 2. The minimum Gasteiger partial charge on any atom is -0.307 e. The van der Waals surface area contributed by atoms with Crippen LogP contribution < -0.4 is 4.84 Å². The van der Waals surface area contributed by atoms with Gasteiger partial charge in [-0.1, -0.05) is 23.0 Å². The lowest BCUT2D eigenvalue weighted by Crippen LogP contribution is -2.37. The van der Waals surface area contributed by atoms with Crippen LogP contribution in [0.4, 0.5) is 4.79 Å². The summed E-state index contributed by atoms with van der Waals surface area (Å²) in [4.78, 5) is 19.8. The fourth-order valence-electron chi connectivity index (χ4n) is 1.63. The average molecular weight is 233 g/mol. The third-order valence-electron chi connectivity index (χ3n) is 2.63. The summed E-state index contributed by atoms with van der Waals surface area (Å²) in [6.07, 6.45) is 1.29. The van der Waals surface area contributed by atoms with Crippen LogP contribution >= 0.6 is 0 Å². The highest BCUT2D eigenvalue weighted by Gasteiger charge is 2.13. The number of nitrogens with zero attached hydrogens (tertiary/aromatic N) is 3. The molecule has 5 nitrogen and oxygen atoms in total. The minimum absolute atomic E-state index is 0.385. The number of rotatable bonds is 3. The van der Waals surface area contributed by atoms with Crippen LogP contribution in [0.15, 0.2) is 30.5 Å². The highest BCUT2D eigenvalue weighted by atomic mass is 16.7. The summed E-state index contributed by atoms with van der Waals surface area (Å²) in [6.45, 7) is 5.06. The zero-order valence-corrected chi connectivity index (χ0v) is 9.96. The molecule has 0 fully saturated rings. The first kappa shape index (κ1) is 11.4. The highest BCUT2D eigenvalue weighted by Crippen LogP contribution is 2.11. The van der Waals surface area contributed by atoms with Gasteiger partial charge >= 0.3 is 6.09 Å². The van der Waals surface area contributed by atoms with Gasteiger partial charge in [-0.3, -0.25) is 4.84 Å². The van der Waals surface area contributed by atoms with Crippen LogP contribution in [0.25, 0.3) is 10.9 Å². The maximum atomic E-state index is 11.8. The van der Waals surface area contributed by atoms with Crippen molar-refractivity contribution in [3.63, 3.8) is 0 Å². The number of hydrogen-bond donors (Lipinski definition) is 0. The lowest BCUT2D eigenvalue weighted by molar-refractivity contribution is 0.0867. The van der Waals surface area contributed by atoms with E-state index in [-0.39, 0.29) is 6.09 Å². The molecule has 1 aromatic carbocycles. The molecule has 0 spiro atoms. The van der Waals surface area contributed by atoms with Gasteiger partial charge in [-0.15, -0.1) is 5.10 Å². The van der Waals surface area contributed by atoms with Crippen LogP contribution in [0.2, 0.25) is 0 Å².